The summed E-state index contributed by atoms with van der Waals surface area (Å²) < 4.78 is 0.917. The maximum atomic E-state index is 12.3. The van der Waals surface area contributed by atoms with Crippen LogP contribution in [0.4, 0.5) is 5.69 Å². The van der Waals surface area contributed by atoms with Gasteiger partial charge in [0.25, 0.3) is 5.91 Å². The van der Waals surface area contributed by atoms with Gasteiger partial charge in [-0.05, 0) is 65.1 Å². The summed E-state index contributed by atoms with van der Waals surface area (Å²) in [6.07, 6.45) is 1.73. The predicted molar refractivity (Wildman–Crippen MR) is 93.9 cm³/mol. The predicted octanol–water partition coefficient (Wildman–Crippen LogP) is 4.75. The first-order chi connectivity index (χ1) is 10.1. The number of carbonyl (C=O) groups excluding carboxylic acids is 1. The Hall–Kier alpha value is -1.66. The van der Waals surface area contributed by atoms with Gasteiger partial charge in [0, 0.05) is 20.7 Å². The molecule has 0 unspecified atom stereocenters. The average Bonchev–Trinajstić information content (AvgIpc) is 2.50. The van der Waals surface area contributed by atoms with Crippen molar-refractivity contribution in [2.75, 3.05) is 5.32 Å². The number of benzene rings is 2. The Morgan fingerprint density at radius 3 is 2.81 bits per heavy atom. The molecule has 3 nitrogen and oxygen atoms in total. The van der Waals surface area contributed by atoms with Gasteiger partial charge in [-0.1, -0.05) is 17.7 Å². The first-order valence-electron chi connectivity index (χ1n) is 6.25. The second-order valence-corrected chi connectivity index (χ2v) is 6.03. The third kappa shape index (κ3) is 3.01. The molecule has 0 radical (unpaired) electrons. The second kappa shape index (κ2) is 5.99. The van der Waals surface area contributed by atoms with Crippen molar-refractivity contribution in [1.82, 2.24) is 4.98 Å². The molecule has 1 N–H and O–H groups in total. The topological polar surface area (TPSA) is 42.0 Å². The minimum absolute atomic E-state index is 0.190. The van der Waals surface area contributed by atoms with E-state index in [1.54, 1.807) is 18.3 Å². The Morgan fingerprint density at radius 1 is 1.14 bits per heavy atom. The molecular weight excluding hydrogens is 399 g/mol. The molecule has 1 aromatic heterocycles. The van der Waals surface area contributed by atoms with Crippen molar-refractivity contribution in [3.05, 3.63) is 68.9 Å². The van der Waals surface area contributed by atoms with Crippen molar-refractivity contribution >= 4 is 56.7 Å². The van der Waals surface area contributed by atoms with E-state index in [9.17, 15) is 4.79 Å². The number of hydrogen-bond donors (Lipinski definition) is 1. The van der Waals surface area contributed by atoms with E-state index in [0.717, 1.165) is 20.2 Å². The van der Waals surface area contributed by atoms with E-state index in [1.807, 2.05) is 36.4 Å². The molecule has 5 heteroatoms. The highest BCUT2D eigenvalue weighted by molar-refractivity contribution is 14.1. The number of nitrogens with zero attached hydrogens (tertiary/aromatic N) is 1. The Labute approximate surface area is 140 Å². The zero-order valence-electron chi connectivity index (χ0n) is 10.8. The molecule has 104 valence electrons. The third-order valence-corrected chi connectivity index (χ3v) is 4.65. The molecule has 0 aliphatic rings. The van der Waals surface area contributed by atoms with Crippen LogP contribution in [0.5, 0.6) is 0 Å². The Kier molecular flexibility index (Phi) is 4.07. The van der Waals surface area contributed by atoms with Gasteiger partial charge >= 0.3 is 0 Å². The molecular formula is C16H10ClIN2O. The lowest BCUT2D eigenvalue weighted by Gasteiger charge is -2.09. The maximum Gasteiger partial charge on any atom is 0.255 e. The summed E-state index contributed by atoms with van der Waals surface area (Å²) in [6.45, 7) is 0. The molecule has 2 aromatic carbocycles. The van der Waals surface area contributed by atoms with Gasteiger partial charge in [0.1, 0.15) is 0 Å². The van der Waals surface area contributed by atoms with Gasteiger partial charge < -0.3 is 5.32 Å². The van der Waals surface area contributed by atoms with Crippen LogP contribution < -0.4 is 5.32 Å². The standard InChI is InChI=1S/C16H10ClIN2O/c17-12-9-10(6-7-13(12)18)16(21)20-15-5-1-4-14-11(15)3-2-8-19-14/h1-9H,(H,20,21). The Bertz CT molecular complexity index is 830. The van der Waals surface area contributed by atoms with Gasteiger partial charge in [0.2, 0.25) is 0 Å². The summed E-state index contributed by atoms with van der Waals surface area (Å²) in [6, 6.07) is 14.7. The quantitative estimate of drug-likeness (QED) is 0.622. The number of halogens is 2. The van der Waals surface area contributed by atoms with Crippen molar-refractivity contribution < 1.29 is 4.79 Å². The van der Waals surface area contributed by atoms with E-state index in [-0.39, 0.29) is 5.91 Å². The van der Waals surface area contributed by atoms with Gasteiger partial charge in [-0.3, -0.25) is 9.78 Å². The van der Waals surface area contributed by atoms with Crippen molar-refractivity contribution in [2.45, 2.75) is 0 Å². The van der Waals surface area contributed by atoms with Gasteiger partial charge in [-0.25, -0.2) is 0 Å². The van der Waals surface area contributed by atoms with Crippen LogP contribution in [-0.2, 0) is 0 Å². The van der Waals surface area contributed by atoms with Gasteiger partial charge in [0.15, 0.2) is 0 Å². The monoisotopic (exact) mass is 408 g/mol. The first kappa shape index (κ1) is 14.3. The Balaban J connectivity index is 1.94. The molecule has 0 aliphatic carbocycles. The fourth-order valence-electron chi connectivity index (χ4n) is 2.04. The van der Waals surface area contributed by atoms with Crippen LogP contribution in [0.25, 0.3) is 10.9 Å². The van der Waals surface area contributed by atoms with E-state index in [1.165, 1.54) is 0 Å². The first-order valence-corrected chi connectivity index (χ1v) is 7.71. The molecule has 1 amide bonds. The molecule has 3 aromatic rings. The van der Waals surface area contributed by atoms with E-state index in [0.29, 0.717) is 10.6 Å². The molecule has 0 bridgehead atoms. The number of amides is 1. The van der Waals surface area contributed by atoms with E-state index in [4.69, 9.17) is 11.6 Å². The molecule has 0 aliphatic heterocycles. The summed E-state index contributed by atoms with van der Waals surface area (Å²) in [5.41, 5.74) is 2.11. The summed E-state index contributed by atoms with van der Waals surface area (Å²) in [7, 11) is 0. The van der Waals surface area contributed by atoms with Crippen LogP contribution in [0, 0.1) is 3.57 Å². The largest absolute Gasteiger partial charge is 0.321 e. The van der Waals surface area contributed by atoms with Crippen LogP contribution in [0.2, 0.25) is 5.02 Å². The number of nitrogens with one attached hydrogen (secondary N) is 1. The SMILES string of the molecule is O=C(Nc1cccc2ncccc12)c1ccc(I)c(Cl)c1. The molecule has 0 fully saturated rings. The van der Waals surface area contributed by atoms with Crippen molar-refractivity contribution in [2.24, 2.45) is 0 Å². The van der Waals surface area contributed by atoms with Crippen LogP contribution in [0.15, 0.2) is 54.7 Å². The summed E-state index contributed by atoms with van der Waals surface area (Å²) >= 11 is 8.19. The van der Waals surface area contributed by atoms with Gasteiger partial charge in [-0.15, -0.1) is 0 Å². The lowest BCUT2D eigenvalue weighted by molar-refractivity contribution is 0.102. The van der Waals surface area contributed by atoms with Crippen molar-refractivity contribution in [3.63, 3.8) is 0 Å². The Morgan fingerprint density at radius 2 is 2.00 bits per heavy atom. The molecule has 0 spiro atoms. The van der Waals surface area contributed by atoms with E-state index < -0.39 is 0 Å². The molecule has 0 saturated heterocycles. The van der Waals surface area contributed by atoms with Crippen LogP contribution in [-0.4, -0.2) is 10.9 Å². The van der Waals surface area contributed by atoms with Crippen LogP contribution in [0.3, 0.4) is 0 Å². The average molecular weight is 409 g/mol. The summed E-state index contributed by atoms with van der Waals surface area (Å²) in [5.74, 6) is -0.190. The molecule has 0 atom stereocenters. The molecule has 3 rings (SSSR count). The number of carbonyl (C=O) groups is 1. The number of anilines is 1. The zero-order chi connectivity index (χ0) is 14.8. The van der Waals surface area contributed by atoms with Gasteiger partial charge in [0.05, 0.1) is 16.2 Å². The highest BCUT2D eigenvalue weighted by Crippen LogP contribution is 2.23. The smallest absolute Gasteiger partial charge is 0.255 e. The third-order valence-electron chi connectivity index (χ3n) is 3.08. The lowest BCUT2D eigenvalue weighted by Crippen LogP contribution is -2.12. The van der Waals surface area contributed by atoms with Crippen LogP contribution in [0.1, 0.15) is 10.4 Å². The normalized spacial score (nSPS) is 10.6. The van der Waals surface area contributed by atoms with Crippen LogP contribution >= 0.6 is 34.2 Å². The number of rotatable bonds is 2. The van der Waals surface area contributed by atoms with E-state index >= 15 is 0 Å². The summed E-state index contributed by atoms with van der Waals surface area (Å²) in [4.78, 5) is 16.6. The highest BCUT2D eigenvalue weighted by atomic mass is 127. The van der Waals surface area contributed by atoms with Crippen molar-refractivity contribution in [1.29, 1.82) is 0 Å². The fourth-order valence-corrected chi connectivity index (χ4v) is 2.56. The fraction of sp³-hybridized carbons (Fsp3) is 0. The number of aromatic nitrogens is 1. The van der Waals surface area contributed by atoms with E-state index in [2.05, 4.69) is 32.9 Å². The zero-order valence-corrected chi connectivity index (χ0v) is 13.7. The number of pyridine rings is 1. The number of hydrogen-bond acceptors (Lipinski definition) is 2. The van der Waals surface area contributed by atoms with Gasteiger partial charge in [-0.2, -0.15) is 0 Å². The minimum Gasteiger partial charge on any atom is -0.321 e. The molecule has 21 heavy (non-hydrogen) atoms. The maximum absolute atomic E-state index is 12.3. The number of fused-ring (bicyclic) bond motifs is 1. The second-order valence-electron chi connectivity index (χ2n) is 4.46. The molecule has 0 saturated carbocycles. The lowest BCUT2D eigenvalue weighted by atomic mass is 10.1. The minimum atomic E-state index is -0.190. The molecule has 1 heterocycles. The summed E-state index contributed by atoms with van der Waals surface area (Å²) in [5, 5.41) is 4.39. The van der Waals surface area contributed by atoms with Crippen molar-refractivity contribution in [3.8, 4) is 0 Å². The highest BCUT2D eigenvalue weighted by Gasteiger charge is 2.10.